The highest BCUT2D eigenvalue weighted by atomic mass is 16.3. The highest BCUT2D eigenvalue weighted by Gasteiger charge is 2.30. The van der Waals surface area contributed by atoms with E-state index in [0.717, 1.165) is 31.4 Å². The van der Waals surface area contributed by atoms with Crippen molar-refractivity contribution in [2.45, 2.75) is 38.0 Å². The summed E-state index contributed by atoms with van der Waals surface area (Å²) >= 11 is 0. The van der Waals surface area contributed by atoms with Gasteiger partial charge in [-0.15, -0.1) is 5.10 Å². The fourth-order valence-electron chi connectivity index (χ4n) is 2.71. The third kappa shape index (κ3) is 1.73. The molecule has 0 radical (unpaired) electrons. The van der Waals surface area contributed by atoms with Crippen LogP contribution >= 0.6 is 0 Å². The van der Waals surface area contributed by atoms with Crippen molar-refractivity contribution < 1.29 is 9.21 Å². The maximum Gasteiger partial charge on any atom is 0.281 e. The summed E-state index contributed by atoms with van der Waals surface area (Å²) in [6.07, 6.45) is 6.62. The van der Waals surface area contributed by atoms with E-state index in [1.54, 1.807) is 4.90 Å². The molecule has 0 unspecified atom stereocenters. The molecule has 104 valence electrons. The van der Waals surface area contributed by atoms with Crippen LogP contribution in [0.15, 0.2) is 10.7 Å². The smallest absolute Gasteiger partial charge is 0.281 e. The topological polar surface area (TPSA) is 87.9 Å². The number of nitrogens with zero attached hydrogens (tertiary/aromatic N) is 4. The van der Waals surface area contributed by atoms with Gasteiger partial charge in [0, 0.05) is 12.5 Å². The van der Waals surface area contributed by atoms with Crippen molar-refractivity contribution in [3.8, 4) is 0 Å². The lowest BCUT2D eigenvalue weighted by Crippen LogP contribution is -2.36. The monoisotopic (exact) mass is 273 g/mol. The first-order chi connectivity index (χ1) is 9.83. The SMILES string of the molecule is O=C(c1coc(C2CCC2)n1)N1CCCc2n[nH]nc21. The average Bonchev–Trinajstić information content (AvgIpc) is 3.03. The molecule has 3 heterocycles. The van der Waals surface area contributed by atoms with E-state index in [1.807, 2.05) is 0 Å². The summed E-state index contributed by atoms with van der Waals surface area (Å²) in [6, 6.07) is 0. The summed E-state index contributed by atoms with van der Waals surface area (Å²) < 4.78 is 5.45. The van der Waals surface area contributed by atoms with E-state index in [0.29, 0.717) is 29.9 Å². The second kappa shape index (κ2) is 4.43. The van der Waals surface area contributed by atoms with Crippen molar-refractivity contribution in [1.29, 1.82) is 0 Å². The predicted molar refractivity (Wildman–Crippen MR) is 69.5 cm³/mol. The number of fused-ring (bicyclic) bond motifs is 1. The van der Waals surface area contributed by atoms with E-state index in [2.05, 4.69) is 20.4 Å². The number of aryl methyl sites for hydroxylation is 1. The highest BCUT2D eigenvalue weighted by molar-refractivity contribution is 6.04. The molecular weight excluding hydrogens is 258 g/mol. The molecule has 0 atom stereocenters. The molecule has 1 saturated carbocycles. The molecule has 7 heteroatoms. The normalized spacial score (nSPS) is 18.7. The molecular formula is C13H15N5O2. The lowest BCUT2D eigenvalue weighted by atomic mass is 9.85. The number of oxazole rings is 1. The van der Waals surface area contributed by atoms with Gasteiger partial charge in [-0.2, -0.15) is 10.3 Å². The Balaban J connectivity index is 1.60. The fourth-order valence-corrected chi connectivity index (χ4v) is 2.71. The van der Waals surface area contributed by atoms with Crippen molar-refractivity contribution in [1.82, 2.24) is 20.4 Å². The van der Waals surface area contributed by atoms with Crippen LogP contribution in [0.25, 0.3) is 0 Å². The van der Waals surface area contributed by atoms with Gasteiger partial charge in [0.2, 0.25) is 0 Å². The number of H-pyrrole nitrogens is 1. The molecule has 1 aliphatic carbocycles. The summed E-state index contributed by atoms with van der Waals surface area (Å²) in [6.45, 7) is 0.643. The van der Waals surface area contributed by atoms with E-state index in [-0.39, 0.29) is 5.91 Å². The Morgan fingerprint density at radius 3 is 3.05 bits per heavy atom. The first-order valence-corrected chi connectivity index (χ1v) is 7.00. The molecule has 20 heavy (non-hydrogen) atoms. The Morgan fingerprint density at radius 2 is 2.25 bits per heavy atom. The van der Waals surface area contributed by atoms with Crippen LogP contribution in [0.5, 0.6) is 0 Å². The highest BCUT2D eigenvalue weighted by Crippen LogP contribution is 2.35. The third-order valence-electron chi connectivity index (χ3n) is 4.09. The second-order valence-corrected chi connectivity index (χ2v) is 5.35. The number of amides is 1. The van der Waals surface area contributed by atoms with E-state index >= 15 is 0 Å². The number of anilines is 1. The summed E-state index contributed by atoms with van der Waals surface area (Å²) in [5.41, 5.74) is 1.20. The molecule has 1 N–H and O–H groups in total. The van der Waals surface area contributed by atoms with Crippen LogP contribution in [0.2, 0.25) is 0 Å². The van der Waals surface area contributed by atoms with Gasteiger partial charge in [-0.3, -0.25) is 9.69 Å². The molecule has 4 rings (SSSR count). The molecule has 1 fully saturated rings. The number of carbonyl (C=O) groups excluding carboxylic acids is 1. The van der Waals surface area contributed by atoms with Crippen LogP contribution in [0.1, 0.15) is 53.7 Å². The van der Waals surface area contributed by atoms with Gasteiger partial charge in [-0.1, -0.05) is 6.42 Å². The Labute approximate surface area is 115 Å². The number of rotatable bonds is 2. The Bertz CT molecular complexity index is 643. The summed E-state index contributed by atoms with van der Waals surface area (Å²) in [5, 5.41) is 10.7. The molecule has 2 aromatic heterocycles. The van der Waals surface area contributed by atoms with E-state index in [1.165, 1.54) is 12.7 Å². The minimum Gasteiger partial charge on any atom is -0.448 e. The Kier molecular flexibility index (Phi) is 2.58. The summed E-state index contributed by atoms with van der Waals surface area (Å²) in [5.74, 6) is 1.54. The van der Waals surface area contributed by atoms with Crippen molar-refractivity contribution in [3.05, 3.63) is 23.5 Å². The molecule has 0 aromatic carbocycles. The van der Waals surface area contributed by atoms with Crippen molar-refractivity contribution in [3.63, 3.8) is 0 Å². The maximum atomic E-state index is 12.5. The lowest BCUT2D eigenvalue weighted by molar-refractivity contribution is 0.0979. The van der Waals surface area contributed by atoms with Crippen molar-refractivity contribution >= 4 is 11.7 Å². The van der Waals surface area contributed by atoms with E-state index < -0.39 is 0 Å². The van der Waals surface area contributed by atoms with Gasteiger partial charge in [0.25, 0.3) is 5.91 Å². The first-order valence-electron chi connectivity index (χ1n) is 7.00. The minimum absolute atomic E-state index is 0.158. The van der Waals surface area contributed by atoms with Crippen LogP contribution in [-0.2, 0) is 6.42 Å². The standard InChI is InChI=1S/C13H15N5O2/c19-13(10-7-20-12(14-10)8-3-1-4-8)18-6-2-5-9-11(18)16-17-15-9/h7-8H,1-6H2,(H,15,16,17). The first kappa shape index (κ1) is 11.6. The molecule has 0 spiro atoms. The van der Waals surface area contributed by atoms with Crippen LogP contribution in [0, 0.1) is 0 Å². The van der Waals surface area contributed by atoms with Gasteiger partial charge in [-0.25, -0.2) is 4.98 Å². The number of aromatic nitrogens is 4. The molecule has 1 aliphatic heterocycles. The van der Waals surface area contributed by atoms with Gasteiger partial charge in [0.1, 0.15) is 12.0 Å². The second-order valence-electron chi connectivity index (χ2n) is 5.35. The van der Waals surface area contributed by atoms with Crippen LogP contribution in [0.4, 0.5) is 5.82 Å². The quantitative estimate of drug-likeness (QED) is 0.898. The number of nitrogens with one attached hydrogen (secondary N) is 1. The van der Waals surface area contributed by atoms with Gasteiger partial charge < -0.3 is 4.42 Å². The van der Waals surface area contributed by atoms with E-state index in [9.17, 15) is 4.79 Å². The number of carbonyl (C=O) groups is 1. The third-order valence-corrected chi connectivity index (χ3v) is 4.09. The van der Waals surface area contributed by atoms with Crippen LogP contribution in [0.3, 0.4) is 0 Å². The molecule has 2 aromatic rings. The molecule has 0 bridgehead atoms. The Hall–Kier alpha value is -2.18. The van der Waals surface area contributed by atoms with Crippen molar-refractivity contribution in [2.75, 3.05) is 11.4 Å². The molecule has 0 saturated heterocycles. The summed E-state index contributed by atoms with van der Waals surface area (Å²) in [7, 11) is 0. The van der Waals surface area contributed by atoms with Gasteiger partial charge in [0.15, 0.2) is 17.4 Å². The molecule has 2 aliphatic rings. The largest absolute Gasteiger partial charge is 0.448 e. The molecule has 1 amide bonds. The van der Waals surface area contributed by atoms with Gasteiger partial charge in [0.05, 0.1) is 0 Å². The summed E-state index contributed by atoms with van der Waals surface area (Å²) in [4.78, 5) is 18.5. The molecule has 7 nitrogen and oxygen atoms in total. The van der Waals surface area contributed by atoms with Crippen LogP contribution < -0.4 is 4.90 Å². The van der Waals surface area contributed by atoms with Crippen LogP contribution in [-0.4, -0.2) is 32.8 Å². The average molecular weight is 273 g/mol. The zero-order valence-electron chi connectivity index (χ0n) is 11.0. The Morgan fingerprint density at radius 1 is 1.35 bits per heavy atom. The lowest BCUT2D eigenvalue weighted by Gasteiger charge is -2.23. The number of aromatic amines is 1. The van der Waals surface area contributed by atoms with Crippen molar-refractivity contribution in [2.24, 2.45) is 0 Å². The number of hydrogen-bond acceptors (Lipinski definition) is 5. The maximum absolute atomic E-state index is 12.5. The predicted octanol–water partition coefficient (Wildman–Crippen LogP) is 1.65. The van der Waals surface area contributed by atoms with E-state index in [4.69, 9.17) is 4.42 Å². The number of hydrogen-bond donors (Lipinski definition) is 1. The van der Waals surface area contributed by atoms with Gasteiger partial charge in [-0.05, 0) is 25.7 Å². The zero-order valence-corrected chi connectivity index (χ0v) is 11.0. The zero-order chi connectivity index (χ0) is 13.5. The minimum atomic E-state index is -0.158. The fraction of sp³-hybridized carbons (Fsp3) is 0.538. The van der Waals surface area contributed by atoms with Gasteiger partial charge >= 0.3 is 0 Å².